The predicted octanol–water partition coefficient (Wildman–Crippen LogP) is 2.51. The third-order valence-electron chi connectivity index (χ3n) is 5.52. The molecule has 148 valence electrons. The van der Waals surface area contributed by atoms with Gasteiger partial charge in [-0.2, -0.15) is 5.10 Å². The number of hydrogen-bond acceptors (Lipinski definition) is 4. The molecule has 0 aliphatic carbocycles. The fourth-order valence-corrected chi connectivity index (χ4v) is 4.05. The van der Waals surface area contributed by atoms with Gasteiger partial charge in [0.2, 0.25) is 0 Å². The fraction of sp³-hybridized carbons (Fsp3) is 0.318. The number of nitrogens with one attached hydrogen (secondary N) is 1. The van der Waals surface area contributed by atoms with Crippen LogP contribution in [0.15, 0.2) is 59.7 Å². The molecule has 0 unspecified atom stereocenters. The summed E-state index contributed by atoms with van der Waals surface area (Å²) in [6, 6.07) is 13.9. The van der Waals surface area contributed by atoms with Crippen LogP contribution in [0.2, 0.25) is 0 Å². The number of pyridine rings is 1. The number of imidazole rings is 1. The lowest BCUT2D eigenvalue weighted by Gasteiger charge is -2.22. The second-order valence-electron chi connectivity index (χ2n) is 7.71. The molecular formula is C22H24N6O. The van der Waals surface area contributed by atoms with Crippen LogP contribution in [0, 0.1) is 6.92 Å². The monoisotopic (exact) mass is 388 g/mol. The van der Waals surface area contributed by atoms with Gasteiger partial charge < -0.3 is 9.72 Å². The van der Waals surface area contributed by atoms with E-state index in [2.05, 4.69) is 10.3 Å². The molecule has 0 amide bonds. The highest BCUT2D eigenvalue weighted by Crippen LogP contribution is 2.23. The normalized spacial score (nSPS) is 17.1. The van der Waals surface area contributed by atoms with Gasteiger partial charge >= 0.3 is 5.69 Å². The number of hydrogen-bond donors (Lipinski definition) is 1. The summed E-state index contributed by atoms with van der Waals surface area (Å²) in [5.41, 5.74) is 3.60. The molecule has 0 spiro atoms. The van der Waals surface area contributed by atoms with Crippen molar-refractivity contribution >= 4 is 5.65 Å². The summed E-state index contributed by atoms with van der Waals surface area (Å²) in [7, 11) is 0. The highest BCUT2D eigenvalue weighted by molar-refractivity contribution is 5.42. The van der Waals surface area contributed by atoms with Gasteiger partial charge in [-0.25, -0.2) is 19.0 Å². The molecule has 29 heavy (non-hydrogen) atoms. The number of benzene rings is 1. The van der Waals surface area contributed by atoms with Gasteiger partial charge in [0.25, 0.3) is 0 Å². The van der Waals surface area contributed by atoms with Crippen molar-refractivity contribution in [2.45, 2.75) is 32.2 Å². The molecule has 0 radical (unpaired) electrons. The maximum atomic E-state index is 13.3. The Kier molecular flexibility index (Phi) is 4.52. The van der Waals surface area contributed by atoms with Gasteiger partial charge in [-0.15, -0.1) is 0 Å². The van der Waals surface area contributed by atoms with Crippen LogP contribution < -0.4 is 11.0 Å². The van der Waals surface area contributed by atoms with E-state index in [0.717, 1.165) is 54.3 Å². The Balaban J connectivity index is 1.57. The molecule has 5 rings (SSSR count). The van der Waals surface area contributed by atoms with Crippen LogP contribution in [0.25, 0.3) is 11.3 Å². The zero-order valence-corrected chi connectivity index (χ0v) is 16.5. The highest BCUT2D eigenvalue weighted by Gasteiger charge is 2.25. The number of fused-ring (bicyclic) bond motifs is 1. The lowest BCUT2D eigenvalue weighted by molar-refractivity contribution is 0.439. The van der Waals surface area contributed by atoms with Crippen molar-refractivity contribution < 1.29 is 0 Å². The molecule has 1 fully saturated rings. The second-order valence-corrected chi connectivity index (χ2v) is 7.71. The van der Waals surface area contributed by atoms with Gasteiger partial charge in [-0.05, 0) is 56.1 Å². The lowest BCUT2D eigenvalue weighted by Crippen LogP contribution is -2.31. The Labute approximate surface area is 168 Å². The van der Waals surface area contributed by atoms with Gasteiger partial charge in [0, 0.05) is 24.9 Å². The number of piperidine rings is 1. The molecule has 1 aliphatic rings. The van der Waals surface area contributed by atoms with E-state index >= 15 is 0 Å². The van der Waals surface area contributed by atoms with E-state index < -0.39 is 0 Å². The largest absolute Gasteiger partial charge is 0.350 e. The van der Waals surface area contributed by atoms with E-state index in [1.54, 1.807) is 9.25 Å². The Morgan fingerprint density at radius 2 is 2.07 bits per heavy atom. The second kappa shape index (κ2) is 7.33. The van der Waals surface area contributed by atoms with Crippen molar-refractivity contribution in [3.8, 4) is 5.69 Å². The molecule has 7 heteroatoms. The Hall–Kier alpha value is -3.19. The van der Waals surface area contributed by atoms with E-state index in [0.29, 0.717) is 6.54 Å². The van der Waals surface area contributed by atoms with Crippen molar-refractivity contribution in [2.24, 2.45) is 0 Å². The van der Waals surface area contributed by atoms with Gasteiger partial charge in [0.15, 0.2) is 0 Å². The minimum atomic E-state index is -0.120. The number of rotatable bonds is 4. The van der Waals surface area contributed by atoms with Crippen molar-refractivity contribution in [1.29, 1.82) is 0 Å². The first-order chi connectivity index (χ1) is 14.2. The van der Waals surface area contributed by atoms with Crippen molar-refractivity contribution in [1.82, 2.24) is 29.0 Å². The van der Waals surface area contributed by atoms with Crippen LogP contribution in [0.4, 0.5) is 0 Å². The summed E-state index contributed by atoms with van der Waals surface area (Å²) in [6.07, 6.45) is 6.08. The minimum Gasteiger partial charge on any atom is -0.316 e. The molecule has 1 saturated heterocycles. The highest BCUT2D eigenvalue weighted by atomic mass is 16.2. The topological polar surface area (TPSA) is 69.2 Å². The van der Waals surface area contributed by atoms with E-state index in [9.17, 15) is 4.79 Å². The van der Waals surface area contributed by atoms with Crippen LogP contribution in [0.5, 0.6) is 0 Å². The molecule has 4 aromatic rings. The van der Waals surface area contributed by atoms with Crippen molar-refractivity contribution in [3.05, 3.63) is 82.4 Å². The average molecular weight is 388 g/mol. The van der Waals surface area contributed by atoms with E-state index in [1.807, 2.05) is 66.2 Å². The van der Waals surface area contributed by atoms with Gasteiger partial charge in [-0.3, -0.25) is 0 Å². The molecule has 3 aromatic heterocycles. The first kappa shape index (κ1) is 17.9. The number of nitrogens with zero attached hydrogens (tertiary/aromatic N) is 5. The zero-order valence-electron chi connectivity index (χ0n) is 16.5. The molecule has 1 aromatic carbocycles. The number of aryl methyl sites for hydroxylation is 1. The molecule has 0 bridgehead atoms. The summed E-state index contributed by atoms with van der Waals surface area (Å²) in [6.45, 7) is 4.27. The Bertz CT molecular complexity index is 1200. The van der Waals surface area contributed by atoms with Gasteiger partial charge in [0.1, 0.15) is 11.5 Å². The summed E-state index contributed by atoms with van der Waals surface area (Å²) in [5, 5.41) is 8.20. The minimum absolute atomic E-state index is 0.120. The molecule has 1 atom stereocenters. The number of aromatic nitrogens is 5. The maximum Gasteiger partial charge on any atom is 0.350 e. The first-order valence-corrected chi connectivity index (χ1v) is 10.1. The third-order valence-corrected chi connectivity index (χ3v) is 5.52. The smallest absolute Gasteiger partial charge is 0.316 e. The van der Waals surface area contributed by atoms with E-state index in [4.69, 9.17) is 5.10 Å². The van der Waals surface area contributed by atoms with Crippen LogP contribution >= 0.6 is 0 Å². The summed E-state index contributed by atoms with van der Waals surface area (Å²) < 4.78 is 5.29. The summed E-state index contributed by atoms with van der Waals surface area (Å²) in [4.78, 5) is 18.0. The summed E-state index contributed by atoms with van der Waals surface area (Å²) in [5.74, 6) is 1.05. The van der Waals surface area contributed by atoms with Crippen LogP contribution in [0.3, 0.4) is 0 Å². The predicted molar refractivity (Wildman–Crippen MR) is 112 cm³/mol. The number of para-hydroxylation sites is 1. The quantitative estimate of drug-likeness (QED) is 0.583. The molecule has 0 saturated carbocycles. The van der Waals surface area contributed by atoms with E-state index in [1.165, 1.54) is 0 Å². The molecule has 4 heterocycles. The van der Waals surface area contributed by atoms with Crippen LogP contribution in [-0.2, 0) is 6.54 Å². The van der Waals surface area contributed by atoms with Gasteiger partial charge in [0.05, 0.1) is 17.9 Å². The molecule has 7 nitrogen and oxygen atoms in total. The van der Waals surface area contributed by atoms with Crippen molar-refractivity contribution in [2.75, 3.05) is 13.1 Å². The molecule has 1 N–H and O–H groups in total. The van der Waals surface area contributed by atoms with Crippen LogP contribution in [0.1, 0.15) is 35.8 Å². The van der Waals surface area contributed by atoms with Crippen LogP contribution in [-0.4, -0.2) is 36.8 Å². The summed E-state index contributed by atoms with van der Waals surface area (Å²) >= 11 is 0. The van der Waals surface area contributed by atoms with Gasteiger partial charge in [-0.1, -0.05) is 18.2 Å². The molecule has 1 aliphatic heterocycles. The fourth-order valence-electron chi connectivity index (χ4n) is 4.05. The SMILES string of the molecule is Cc1ccn2cc(Cn3nc([C@H]4CCCNC4)n(-c4ccccc4)c3=O)nc2c1. The Morgan fingerprint density at radius 1 is 1.21 bits per heavy atom. The lowest BCUT2D eigenvalue weighted by atomic mass is 9.99. The first-order valence-electron chi connectivity index (χ1n) is 10.1. The molecular weight excluding hydrogens is 364 g/mol. The van der Waals surface area contributed by atoms with Crippen molar-refractivity contribution in [3.63, 3.8) is 0 Å². The zero-order chi connectivity index (χ0) is 19.8. The Morgan fingerprint density at radius 3 is 2.86 bits per heavy atom. The standard InChI is InChI=1S/C22H24N6O/c1-16-9-11-26-14-18(24-20(26)12-16)15-27-22(29)28(19-7-3-2-4-8-19)21(25-27)17-6-5-10-23-13-17/h2-4,7-9,11-12,14,17,23H,5-6,10,13,15H2,1H3/t17-/m0/s1. The maximum absolute atomic E-state index is 13.3. The third kappa shape index (κ3) is 3.38. The van der Waals surface area contributed by atoms with E-state index in [-0.39, 0.29) is 11.6 Å². The average Bonchev–Trinajstić information content (AvgIpc) is 3.29.